The molecule has 5 heteroatoms. The molecule has 0 aliphatic carbocycles. The van der Waals surface area contributed by atoms with E-state index in [2.05, 4.69) is 10.3 Å². The van der Waals surface area contributed by atoms with Crippen molar-refractivity contribution in [1.29, 1.82) is 0 Å². The van der Waals surface area contributed by atoms with Crippen LogP contribution < -0.4 is 5.32 Å². The van der Waals surface area contributed by atoms with E-state index in [9.17, 15) is 4.79 Å². The standard InChI is InChI=1S/C12H13N3OS/c1-8-7-13-12(17)15(8)11-5-3-10(4-6-11)14-9(2)16/h3-7H,1-2H3,(H,13,17)(H,14,16). The molecule has 0 saturated heterocycles. The number of aryl methyl sites for hydroxylation is 1. The second-order valence-corrected chi connectivity index (χ2v) is 4.19. The number of carbonyl (C=O) groups is 1. The molecule has 1 heterocycles. The average Bonchev–Trinajstić information content (AvgIpc) is 2.59. The lowest BCUT2D eigenvalue weighted by Crippen LogP contribution is -2.05. The molecular formula is C12H13N3OS. The summed E-state index contributed by atoms with van der Waals surface area (Å²) in [5.41, 5.74) is 2.80. The van der Waals surface area contributed by atoms with Gasteiger partial charge >= 0.3 is 0 Å². The first kappa shape index (κ1) is 11.6. The molecule has 4 nitrogen and oxygen atoms in total. The van der Waals surface area contributed by atoms with E-state index in [1.165, 1.54) is 6.92 Å². The van der Waals surface area contributed by atoms with Gasteiger partial charge in [0.05, 0.1) is 0 Å². The highest BCUT2D eigenvalue weighted by Crippen LogP contribution is 2.15. The van der Waals surface area contributed by atoms with Crippen LogP contribution in [0.5, 0.6) is 0 Å². The third-order valence-electron chi connectivity index (χ3n) is 2.41. The van der Waals surface area contributed by atoms with Crippen LogP contribution in [0.2, 0.25) is 0 Å². The van der Waals surface area contributed by atoms with Crippen LogP contribution in [0.4, 0.5) is 5.69 Å². The van der Waals surface area contributed by atoms with Crippen molar-refractivity contribution in [2.45, 2.75) is 13.8 Å². The Bertz CT molecular complexity index is 595. The van der Waals surface area contributed by atoms with Gasteiger partial charge in [0, 0.05) is 30.2 Å². The van der Waals surface area contributed by atoms with Gasteiger partial charge in [0.25, 0.3) is 0 Å². The van der Waals surface area contributed by atoms with Gasteiger partial charge in [0.1, 0.15) is 0 Å². The minimum atomic E-state index is -0.0767. The van der Waals surface area contributed by atoms with Crippen LogP contribution in [0.1, 0.15) is 12.6 Å². The van der Waals surface area contributed by atoms with Gasteiger partial charge in [-0.15, -0.1) is 0 Å². The number of nitrogens with one attached hydrogen (secondary N) is 2. The summed E-state index contributed by atoms with van der Waals surface area (Å²) in [6.07, 6.45) is 1.87. The fourth-order valence-electron chi connectivity index (χ4n) is 1.67. The van der Waals surface area contributed by atoms with Gasteiger partial charge in [0.15, 0.2) is 4.77 Å². The lowest BCUT2D eigenvalue weighted by Gasteiger charge is -2.07. The molecule has 1 aromatic carbocycles. The number of hydrogen-bond donors (Lipinski definition) is 2. The number of amides is 1. The highest BCUT2D eigenvalue weighted by atomic mass is 32.1. The average molecular weight is 247 g/mol. The van der Waals surface area contributed by atoms with Gasteiger partial charge in [-0.3, -0.25) is 9.36 Å². The van der Waals surface area contributed by atoms with Gasteiger partial charge in [-0.05, 0) is 43.4 Å². The molecule has 0 bridgehead atoms. The van der Waals surface area contributed by atoms with Crippen molar-refractivity contribution >= 4 is 23.8 Å². The summed E-state index contributed by atoms with van der Waals surface area (Å²) in [6, 6.07) is 7.54. The van der Waals surface area contributed by atoms with E-state index in [4.69, 9.17) is 12.2 Å². The molecule has 0 aliphatic heterocycles. The minimum absolute atomic E-state index is 0.0767. The number of aromatic nitrogens is 2. The number of H-pyrrole nitrogens is 1. The van der Waals surface area contributed by atoms with Crippen LogP contribution in [-0.2, 0) is 4.79 Å². The number of nitrogens with zero attached hydrogens (tertiary/aromatic N) is 1. The molecule has 2 aromatic rings. The van der Waals surface area contributed by atoms with Gasteiger partial charge in [-0.1, -0.05) is 0 Å². The highest BCUT2D eigenvalue weighted by Gasteiger charge is 2.02. The Balaban J connectivity index is 2.36. The number of rotatable bonds is 2. The molecule has 1 amide bonds. The Labute approximate surface area is 104 Å². The Morgan fingerprint density at radius 1 is 1.35 bits per heavy atom. The van der Waals surface area contributed by atoms with Crippen molar-refractivity contribution in [1.82, 2.24) is 9.55 Å². The number of hydrogen-bond acceptors (Lipinski definition) is 2. The molecular weight excluding hydrogens is 234 g/mol. The number of imidazole rings is 1. The summed E-state index contributed by atoms with van der Waals surface area (Å²) in [4.78, 5) is 13.9. The Hall–Kier alpha value is -1.88. The molecule has 88 valence electrons. The van der Waals surface area contributed by atoms with Crippen LogP contribution in [0.25, 0.3) is 5.69 Å². The summed E-state index contributed by atoms with van der Waals surface area (Å²) >= 11 is 5.20. The van der Waals surface area contributed by atoms with Gasteiger partial charge in [-0.25, -0.2) is 0 Å². The van der Waals surface area contributed by atoms with Crippen LogP contribution in [-0.4, -0.2) is 15.5 Å². The minimum Gasteiger partial charge on any atom is -0.337 e. The predicted molar refractivity (Wildman–Crippen MR) is 70.0 cm³/mol. The lowest BCUT2D eigenvalue weighted by molar-refractivity contribution is -0.114. The molecule has 0 spiro atoms. The van der Waals surface area contributed by atoms with E-state index in [-0.39, 0.29) is 5.91 Å². The quantitative estimate of drug-likeness (QED) is 0.802. The topological polar surface area (TPSA) is 49.8 Å². The fourth-order valence-corrected chi connectivity index (χ4v) is 1.98. The van der Waals surface area contributed by atoms with Crippen molar-refractivity contribution in [3.63, 3.8) is 0 Å². The highest BCUT2D eigenvalue weighted by molar-refractivity contribution is 7.71. The second kappa shape index (κ2) is 4.55. The monoisotopic (exact) mass is 247 g/mol. The normalized spacial score (nSPS) is 10.2. The molecule has 0 unspecified atom stereocenters. The SMILES string of the molecule is CC(=O)Nc1ccc(-n2c(C)c[nH]c2=S)cc1. The van der Waals surface area contributed by atoms with E-state index in [0.717, 1.165) is 17.1 Å². The molecule has 0 saturated carbocycles. The zero-order chi connectivity index (χ0) is 12.4. The molecule has 0 fully saturated rings. The first-order chi connectivity index (χ1) is 8.08. The van der Waals surface area contributed by atoms with Crippen molar-refractivity contribution in [3.8, 4) is 5.69 Å². The zero-order valence-electron chi connectivity index (χ0n) is 9.65. The summed E-state index contributed by atoms with van der Waals surface area (Å²) in [6.45, 7) is 3.47. The summed E-state index contributed by atoms with van der Waals surface area (Å²) in [5.74, 6) is -0.0767. The third-order valence-corrected chi connectivity index (χ3v) is 2.71. The predicted octanol–water partition coefficient (Wildman–Crippen LogP) is 2.80. The maximum atomic E-state index is 10.9. The second-order valence-electron chi connectivity index (χ2n) is 3.80. The number of carbonyl (C=O) groups excluding carboxylic acids is 1. The Morgan fingerprint density at radius 3 is 2.47 bits per heavy atom. The Kier molecular flexibility index (Phi) is 3.10. The van der Waals surface area contributed by atoms with E-state index >= 15 is 0 Å². The first-order valence-electron chi connectivity index (χ1n) is 5.23. The van der Waals surface area contributed by atoms with Crippen LogP contribution in [0, 0.1) is 11.7 Å². The smallest absolute Gasteiger partial charge is 0.221 e. The Morgan fingerprint density at radius 2 is 2.00 bits per heavy atom. The molecule has 0 atom stereocenters. The summed E-state index contributed by atoms with van der Waals surface area (Å²) in [7, 11) is 0. The molecule has 0 aliphatic rings. The van der Waals surface area contributed by atoms with Crippen molar-refractivity contribution in [3.05, 3.63) is 40.9 Å². The van der Waals surface area contributed by atoms with E-state index < -0.39 is 0 Å². The maximum absolute atomic E-state index is 10.9. The van der Waals surface area contributed by atoms with Gasteiger partial charge in [0.2, 0.25) is 5.91 Å². The molecule has 2 N–H and O–H groups in total. The third kappa shape index (κ3) is 2.45. The van der Waals surface area contributed by atoms with Crippen LogP contribution >= 0.6 is 12.2 Å². The largest absolute Gasteiger partial charge is 0.337 e. The van der Waals surface area contributed by atoms with Crippen LogP contribution in [0.15, 0.2) is 30.5 Å². The molecule has 1 aromatic heterocycles. The van der Waals surface area contributed by atoms with E-state index in [0.29, 0.717) is 4.77 Å². The molecule has 2 rings (SSSR count). The number of benzene rings is 1. The summed E-state index contributed by atoms with van der Waals surface area (Å²) < 4.78 is 2.60. The maximum Gasteiger partial charge on any atom is 0.221 e. The molecule has 0 radical (unpaired) electrons. The van der Waals surface area contributed by atoms with Crippen molar-refractivity contribution in [2.75, 3.05) is 5.32 Å². The lowest BCUT2D eigenvalue weighted by atomic mass is 10.2. The van der Waals surface area contributed by atoms with Crippen LogP contribution in [0.3, 0.4) is 0 Å². The first-order valence-corrected chi connectivity index (χ1v) is 5.64. The zero-order valence-corrected chi connectivity index (χ0v) is 10.5. The number of anilines is 1. The summed E-state index contributed by atoms with van der Waals surface area (Å²) in [5, 5.41) is 2.72. The van der Waals surface area contributed by atoms with Crippen molar-refractivity contribution < 1.29 is 4.79 Å². The number of aromatic amines is 1. The van der Waals surface area contributed by atoms with Gasteiger partial charge in [-0.2, -0.15) is 0 Å². The van der Waals surface area contributed by atoms with Gasteiger partial charge < -0.3 is 10.3 Å². The van der Waals surface area contributed by atoms with E-state index in [1.54, 1.807) is 0 Å². The van der Waals surface area contributed by atoms with Crippen molar-refractivity contribution in [2.24, 2.45) is 0 Å². The fraction of sp³-hybridized carbons (Fsp3) is 0.167. The van der Waals surface area contributed by atoms with E-state index in [1.807, 2.05) is 42.0 Å². The molecule has 17 heavy (non-hydrogen) atoms.